The third-order valence-corrected chi connectivity index (χ3v) is 20.6. The summed E-state index contributed by atoms with van der Waals surface area (Å²) in [7, 11) is -2.34. The van der Waals surface area contributed by atoms with E-state index in [0.29, 0.717) is 50.6 Å². The Morgan fingerprint density at radius 2 is 1.05 bits per heavy atom. The first-order chi connectivity index (χ1) is 35.2. The van der Waals surface area contributed by atoms with Crippen molar-refractivity contribution in [3.05, 3.63) is 47.6 Å². The van der Waals surface area contributed by atoms with E-state index in [4.69, 9.17) is 23.4 Å². The van der Waals surface area contributed by atoms with E-state index in [2.05, 4.69) is 10.6 Å². The van der Waals surface area contributed by atoms with Crippen molar-refractivity contribution in [1.29, 1.82) is 0 Å². The van der Waals surface area contributed by atoms with E-state index in [1.165, 1.54) is 32.1 Å². The molecule has 0 aromatic carbocycles. The van der Waals surface area contributed by atoms with Crippen LogP contribution in [0.25, 0.3) is 0 Å². The number of esters is 2. The van der Waals surface area contributed by atoms with Crippen molar-refractivity contribution in [3.63, 3.8) is 0 Å². The van der Waals surface area contributed by atoms with E-state index in [1.54, 1.807) is 52.8 Å². The molecule has 19 heteroatoms. The first kappa shape index (κ1) is 58.8. The Labute approximate surface area is 446 Å². The average Bonchev–Trinajstić information content (AvgIpc) is 3.72. The maximum absolute atomic E-state index is 18.3. The van der Waals surface area contributed by atoms with Gasteiger partial charge in [0.25, 0.3) is 0 Å². The van der Waals surface area contributed by atoms with E-state index >= 15 is 8.78 Å². The molecule has 8 aliphatic carbocycles. The average molecular weight is 1080 g/mol. The molecule has 0 radical (unpaired) electrons. The molecule has 6 fully saturated rings. The lowest BCUT2D eigenvalue weighted by atomic mass is 9.44. The van der Waals surface area contributed by atoms with E-state index in [9.17, 15) is 43.5 Å². The predicted molar refractivity (Wildman–Crippen MR) is 277 cm³/mol. The third-order valence-electron chi connectivity index (χ3n) is 19.6. The molecule has 420 valence electrons. The molecular weight excluding hydrogens is 1000 g/mol. The number of allylic oxidation sites excluding steroid dienone is 8. The second-order valence-corrected chi connectivity index (χ2v) is 29.2. The molecule has 0 bridgehead atoms. The van der Waals surface area contributed by atoms with Crippen molar-refractivity contribution in [2.45, 2.75) is 175 Å². The number of ketones is 4. The van der Waals surface area contributed by atoms with E-state index in [0.717, 1.165) is 5.57 Å². The van der Waals surface area contributed by atoms with Crippen LogP contribution in [0.2, 0.25) is 19.6 Å². The minimum Gasteiger partial charge on any atom is -0.458 e. The number of alkyl carbamates (subject to hydrolysis) is 2. The first-order valence-electron chi connectivity index (χ1n) is 27.1. The molecule has 3 N–H and O–H groups in total. The summed E-state index contributed by atoms with van der Waals surface area (Å²) in [6.45, 7) is 22.3. The molecule has 16 nitrogen and oxygen atoms in total. The summed E-state index contributed by atoms with van der Waals surface area (Å²) in [4.78, 5) is 101. The number of hydrogen-bond donors (Lipinski definition) is 3. The lowest BCUT2D eigenvalue weighted by Crippen LogP contribution is -2.71. The normalized spacial score (nSPS) is 41.6. The van der Waals surface area contributed by atoms with Gasteiger partial charge in [-0.25, -0.2) is 18.4 Å². The molecule has 76 heavy (non-hydrogen) atoms. The van der Waals surface area contributed by atoms with Crippen LogP contribution in [0.15, 0.2) is 47.6 Å². The van der Waals surface area contributed by atoms with Gasteiger partial charge in [0, 0.05) is 72.3 Å². The fourth-order valence-electron chi connectivity index (χ4n) is 16.5. The Kier molecular flexibility index (Phi) is 15.8. The van der Waals surface area contributed by atoms with Gasteiger partial charge in [0.1, 0.15) is 0 Å². The molecule has 0 aromatic heterocycles. The van der Waals surface area contributed by atoms with E-state index < -0.39 is 143 Å². The predicted octanol–water partition coefficient (Wildman–Crippen LogP) is 8.30. The summed E-state index contributed by atoms with van der Waals surface area (Å²) in [6.07, 6.45) is 7.96. The highest BCUT2D eigenvalue weighted by molar-refractivity contribution is 6.69. The number of rotatable bonds is 12. The fraction of sp³-hybridized carbons (Fsp3) is 0.719. The molecule has 16 atom stereocenters. The van der Waals surface area contributed by atoms with Crippen molar-refractivity contribution in [2.24, 2.45) is 57.2 Å². The van der Waals surface area contributed by atoms with Crippen molar-refractivity contribution < 1.29 is 75.6 Å². The van der Waals surface area contributed by atoms with Crippen LogP contribution in [-0.2, 0) is 52.1 Å². The quantitative estimate of drug-likeness (QED) is 0.0950. The Balaban J connectivity index is 0.000000222. The Morgan fingerprint density at radius 1 is 0.658 bits per heavy atom. The molecule has 2 amide bonds. The van der Waals surface area contributed by atoms with E-state index in [1.807, 2.05) is 40.4 Å². The molecule has 0 unspecified atom stereocenters. The minimum absolute atomic E-state index is 0.134. The van der Waals surface area contributed by atoms with Gasteiger partial charge in [-0.1, -0.05) is 51.0 Å². The highest BCUT2D eigenvalue weighted by Crippen LogP contribution is 2.74. The summed E-state index contributed by atoms with van der Waals surface area (Å²) in [5.74, 6) is -5.54. The third kappa shape index (κ3) is 8.87. The summed E-state index contributed by atoms with van der Waals surface area (Å²) in [5.41, 5.74) is -10.2. The summed E-state index contributed by atoms with van der Waals surface area (Å²) in [6, 6.07) is 0. The molecular formula is C57H80F2N2O14Si. The number of nitrogens with one attached hydrogen (secondary N) is 2. The van der Waals surface area contributed by atoms with E-state index in [-0.39, 0.29) is 36.9 Å². The molecule has 0 saturated heterocycles. The first-order valence-corrected chi connectivity index (χ1v) is 30.5. The van der Waals surface area contributed by atoms with Crippen LogP contribution in [0.4, 0.5) is 18.4 Å². The standard InChI is InChI=1S/C30H44FNO7Si.C27H36FNO7/c1-9-32-26(36)38-30(24(35)17-37-19(3)33)18(2)14-23-22-11-10-20-15-21(34)12-13-27(20,4)29(22,31)25(16-28(23,30)5)39-40(6,7)8;1-6-29-23(34)36-27(22(33)14-35-16(3)30)15(2)11-20-19-8-7-17-12-18(31)9-10-24(17,4)26(19,28)21(32)13-25(20,27)5/h12-13,15,18,22-23,25H,9-11,14,16-17H2,1-8H3,(H,32,36);9-10,12,15,19-21,32H,6-8,11,13-14H2,1-5H3,(H,29,34)/t18-,22-,23-,25+,27-,28-,29-,30-;15-,19-,20-,21-,24-,25-,26-,27-/m00/s1. The second kappa shape index (κ2) is 20.4. The number of carbonyl (C=O) groups excluding carboxylic acids is 8. The van der Waals surface area contributed by atoms with Gasteiger partial charge in [0.05, 0.1) is 12.2 Å². The second-order valence-electron chi connectivity index (χ2n) is 24.7. The fourth-order valence-corrected chi connectivity index (χ4v) is 17.6. The molecule has 6 saturated carbocycles. The lowest BCUT2D eigenvalue weighted by Gasteiger charge is -2.64. The Bertz CT molecular complexity index is 2560. The number of aliphatic hydroxyl groups is 1. The van der Waals surface area contributed by atoms with Gasteiger partial charge < -0.3 is 39.1 Å². The molecule has 8 aliphatic rings. The largest absolute Gasteiger partial charge is 0.458 e. The number of aliphatic hydroxyl groups excluding tert-OH is 1. The number of halogens is 2. The molecule has 0 heterocycles. The van der Waals surface area contributed by atoms with Crippen molar-refractivity contribution in [2.75, 3.05) is 26.3 Å². The molecule has 8 rings (SSSR count). The number of alkyl halides is 2. The van der Waals surface area contributed by atoms with Crippen molar-refractivity contribution in [3.8, 4) is 0 Å². The van der Waals surface area contributed by atoms with Crippen LogP contribution in [0, 0.1) is 57.2 Å². The number of hydrogen-bond acceptors (Lipinski definition) is 14. The molecule has 0 aromatic rings. The summed E-state index contributed by atoms with van der Waals surface area (Å²) < 4.78 is 64.6. The summed E-state index contributed by atoms with van der Waals surface area (Å²) in [5, 5.41) is 16.7. The zero-order valence-electron chi connectivity index (χ0n) is 46.6. The highest BCUT2D eigenvalue weighted by atomic mass is 28.4. The van der Waals surface area contributed by atoms with Crippen molar-refractivity contribution >= 4 is 55.6 Å². The molecule has 0 aliphatic heterocycles. The van der Waals surface area contributed by atoms with Gasteiger partial charge in [-0.2, -0.15) is 0 Å². The number of fused-ring (bicyclic) bond motifs is 10. The van der Waals surface area contributed by atoms with Gasteiger partial charge in [0.15, 0.2) is 55.6 Å². The number of Topliss-reactive ketones (excluding diaryl/α,β-unsaturated/α-hetero) is 2. The highest BCUT2D eigenvalue weighted by Gasteiger charge is 2.79. The van der Waals surface area contributed by atoms with Gasteiger partial charge in [-0.15, -0.1) is 0 Å². The zero-order chi connectivity index (χ0) is 56.6. The summed E-state index contributed by atoms with van der Waals surface area (Å²) >= 11 is 0. The van der Waals surface area contributed by atoms with Crippen LogP contribution < -0.4 is 10.6 Å². The monoisotopic (exact) mass is 1080 g/mol. The molecule has 0 spiro atoms. The SMILES string of the molecule is CCNC(=O)O[C@]1(C(=O)COC(C)=O)[C@@H](C)C[C@H]2[C@@H]3CCC4=CC(=O)C=C[C@]4(C)[C@@]3(F)[C@@H](O)C[C@@]21C.CCNC(=O)O[C@]1(C(=O)COC(C)=O)[C@@H](C)C[C@H]2[C@@H]3CCC4=CC(=O)C=C[C@]4(C)[C@@]3(F)[C@H](O[Si](C)(C)C)C[C@@]21C. The van der Waals surface area contributed by atoms with Crippen LogP contribution in [0.3, 0.4) is 0 Å². The van der Waals surface area contributed by atoms with Crippen LogP contribution in [0.1, 0.15) is 121 Å². The number of amides is 2. The zero-order valence-corrected chi connectivity index (χ0v) is 47.6. The lowest BCUT2D eigenvalue weighted by molar-refractivity contribution is -0.219. The Morgan fingerprint density at radius 3 is 1.45 bits per heavy atom. The van der Waals surface area contributed by atoms with Gasteiger partial charge >= 0.3 is 24.1 Å². The van der Waals surface area contributed by atoms with Crippen LogP contribution in [-0.4, -0.2) is 122 Å². The van der Waals surface area contributed by atoms with Crippen LogP contribution in [0.5, 0.6) is 0 Å². The van der Waals surface area contributed by atoms with Gasteiger partial charge in [0.2, 0.25) is 11.6 Å². The van der Waals surface area contributed by atoms with Gasteiger partial charge in [-0.3, -0.25) is 28.8 Å². The maximum Gasteiger partial charge on any atom is 0.408 e. The number of carbonyl (C=O) groups is 8. The topological polar surface area (TPSA) is 227 Å². The smallest absolute Gasteiger partial charge is 0.408 e. The Hall–Kier alpha value is -4.88. The van der Waals surface area contributed by atoms with Gasteiger partial charge in [-0.05, 0) is 135 Å². The van der Waals surface area contributed by atoms with Crippen LogP contribution >= 0.6 is 0 Å². The van der Waals surface area contributed by atoms with Crippen molar-refractivity contribution in [1.82, 2.24) is 10.6 Å². The number of ether oxygens (including phenoxy) is 4. The minimum atomic E-state index is -2.34. The maximum atomic E-state index is 18.3.